The number of fused-ring (bicyclic) bond motifs is 1. The van der Waals surface area contributed by atoms with E-state index in [1.54, 1.807) is 11.3 Å². The van der Waals surface area contributed by atoms with E-state index < -0.39 is 11.2 Å². The minimum Gasteiger partial charge on any atom is -0.481 e. The molecular formula is C15H13N3O3S2. The van der Waals surface area contributed by atoms with E-state index in [9.17, 15) is 9.59 Å². The second-order valence-electron chi connectivity index (χ2n) is 4.93. The van der Waals surface area contributed by atoms with E-state index in [2.05, 4.69) is 15.5 Å². The number of carboxylic acids is 1. The Morgan fingerprint density at radius 1 is 1.39 bits per heavy atom. The minimum atomic E-state index is -1.01. The monoisotopic (exact) mass is 347 g/mol. The van der Waals surface area contributed by atoms with Gasteiger partial charge in [0.2, 0.25) is 5.91 Å². The average molecular weight is 347 g/mol. The molecule has 1 amide bonds. The molecule has 0 spiro atoms. The van der Waals surface area contributed by atoms with Crippen LogP contribution in [0, 0.1) is 0 Å². The number of rotatable bonds is 4. The molecule has 1 aliphatic heterocycles. The van der Waals surface area contributed by atoms with Gasteiger partial charge >= 0.3 is 5.97 Å². The molecule has 0 saturated carbocycles. The summed E-state index contributed by atoms with van der Waals surface area (Å²) in [5, 5.41) is 22.4. The molecule has 2 aromatic rings. The molecule has 118 valence electrons. The Morgan fingerprint density at radius 2 is 2.17 bits per heavy atom. The van der Waals surface area contributed by atoms with Crippen LogP contribution in [0.1, 0.15) is 18.9 Å². The summed E-state index contributed by atoms with van der Waals surface area (Å²) in [7, 11) is 0. The number of aliphatic carboxylic acids is 1. The first-order valence-corrected chi connectivity index (χ1v) is 8.58. The van der Waals surface area contributed by atoms with Crippen molar-refractivity contribution in [2.75, 3.05) is 0 Å². The van der Waals surface area contributed by atoms with Gasteiger partial charge in [-0.1, -0.05) is 30.0 Å². The van der Waals surface area contributed by atoms with E-state index in [4.69, 9.17) is 5.11 Å². The van der Waals surface area contributed by atoms with Gasteiger partial charge in [-0.25, -0.2) is 0 Å². The summed E-state index contributed by atoms with van der Waals surface area (Å²) in [5.74, 6) is -1.35. The fraction of sp³-hybridized carbons (Fsp3) is 0.200. The van der Waals surface area contributed by atoms with Gasteiger partial charge in [-0.05, 0) is 13.0 Å². The number of thioether (sulfide) groups is 1. The predicted octanol–water partition coefficient (Wildman–Crippen LogP) is 2.69. The summed E-state index contributed by atoms with van der Waals surface area (Å²) in [6.45, 7) is 1.86. The van der Waals surface area contributed by atoms with Crippen molar-refractivity contribution in [3.05, 3.63) is 35.2 Å². The van der Waals surface area contributed by atoms with Crippen LogP contribution in [0.5, 0.6) is 0 Å². The van der Waals surface area contributed by atoms with Gasteiger partial charge in [-0.2, -0.15) is 5.10 Å². The first kappa shape index (κ1) is 15.7. The van der Waals surface area contributed by atoms with Crippen LogP contribution < -0.4 is 5.32 Å². The van der Waals surface area contributed by atoms with Crippen molar-refractivity contribution in [1.82, 2.24) is 5.32 Å². The summed E-state index contributed by atoms with van der Waals surface area (Å²) in [5.41, 5.74) is 1.75. The number of amides is 1. The first-order chi connectivity index (χ1) is 11.0. The third-order valence-electron chi connectivity index (χ3n) is 3.30. The lowest BCUT2D eigenvalue weighted by atomic mass is 10.1. The van der Waals surface area contributed by atoms with Gasteiger partial charge in [0.25, 0.3) is 0 Å². The number of carboxylic acid groups (broad SMARTS) is 1. The molecule has 0 radical (unpaired) electrons. The molecule has 0 unspecified atom stereocenters. The number of benzene rings is 1. The minimum absolute atomic E-state index is 0.229. The molecule has 0 aliphatic carbocycles. The van der Waals surface area contributed by atoms with Crippen LogP contribution in [-0.4, -0.2) is 33.1 Å². The van der Waals surface area contributed by atoms with E-state index in [0.717, 1.165) is 28.4 Å². The summed E-state index contributed by atoms with van der Waals surface area (Å²) in [4.78, 5) is 22.3. The highest BCUT2D eigenvalue weighted by Crippen LogP contribution is 2.26. The van der Waals surface area contributed by atoms with Gasteiger partial charge in [-0.15, -0.1) is 16.4 Å². The zero-order chi connectivity index (χ0) is 16.4. The number of carbonyl (C=O) groups is 2. The van der Waals surface area contributed by atoms with Gasteiger partial charge in [0.1, 0.15) is 5.25 Å². The number of thiophene rings is 1. The lowest BCUT2D eigenvalue weighted by Gasteiger charge is -1.98. The number of nitrogens with one attached hydrogen (secondary N) is 1. The maximum atomic E-state index is 11.6. The fourth-order valence-corrected chi connectivity index (χ4v) is 4.09. The maximum absolute atomic E-state index is 11.6. The van der Waals surface area contributed by atoms with Crippen molar-refractivity contribution in [3.63, 3.8) is 0 Å². The number of nitrogens with zero attached hydrogens (tertiary/aromatic N) is 2. The normalized spacial score (nSPS) is 20.2. The van der Waals surface area contributed by atoms with E-state index in [1.807, 2.05) is 36.6 Å². The first-order valence-electron chi connectivity index (χ1n) is 6.83. The molecule has 23 heavy (non-hydrogen) atoms. The van der Waals surface area contributed by atoms with Crippen LogP contribution in [0.25, 0.3) is 10.1 Å². The van der Waals surface area contributed by atoms with Crippen molar-refractivity contribution in [1.29, 1.82) is 0 Å². The van der Waals surface area contributed by atoms with Crippen molar-refractivity contribution in [2.45, 2.75) is 18.6 Å². The molecule has 2 heterocycles. The molecule has 1 fully saturated rings. The molecule has 0 bridgehead atoms. The van der Waals surface area contributed by atoms with Gasteiger partial charge in [0.05, 0.1) is 12.1 Å². The van der Waals surface area contributed by atoms with Gasteiger partial charge in [-0.3, -0.25) is 9.59 Å². The Morgan fingerprint density at radius 3 is 2.96 bits per heavy atom. The average Bonchev–Trinajstić information content (AvgIpc) is 3.08. The lowest BCUT2D eigenvalue weighted by molar-refractivity contribution is -0.138. The standard InChI is InChI=1S/C15H13N3O3S2/c1-8(10-7-22-11-5-3-2-4-9(10)11)17-18-15-16-14(21)12(23-15)6-13(19)20/h2-5,7,12H,6H2,1H3,(H,19,20)(H,16,18,21)/t12-/m0/s1. The molecule has 6 nitrogen and oxygen atoms in total. The van der Waals surface area contributed by atoms with E-state index >= 15 is 0 Å². The van der Waals surface area contributed by atoms with E-state index in [-0.39, 0.29) is 12.3 Å². The third kappa shape index (κ3) is 3.43. The highest BCUT2D eigenvalue weighted by atomic mass is 32.2. The largest absolute Gasteiger partial charge is 0.481 e. The Balaban J connectivity index is 1.79. The Kier molecular flexibility index (Phi) is 4.44. The van der Waals surface area contributed by atoms with Crippen LogP contribution in [0.4, 0.5) is 0 Å². The zero-order valence-corrected chi connectivity index (χ0v) is 13.8. The highest BCUT2D eigenvalue weighted by molar-refractivity contribution is 8.15. The molecule has 1 atom stereocenters. The van der Waals surface area contributed by atoms with Crippen molar-refractivity contribution >= 4 is 55.9 Å². The molecule has 1 aliphatic rings. The van der Waals surface area contributed by atoms with Gasteiger partial charge < -0.3 is 10.4 Å². The molecule has 1 saturated heterocycles. The number of carbonyl (C=O) groups excluding carboxylic acids is 1. The zero-order valence-electron chi connectivity index (χ0n) is 12.1. The quantitative estimate of drug-likeness (QED) is 0.657. The fourth-order valence-electron chi connectivity index (χ4n) is 2.18. The Bertz CT molecular complexity index is 841. The Labute approximate surface area is 140 Å². The summed E-state index contributed by atoms with van der Waals surface area (Å²) >= 11 is 2.73. The molecule has 3 rings (SSSR count). The third-order valence-corrected chi connectivity index (χ3v) is 5.33. The molecule has 8 heteroatoms. The van der Waals surface area contributed by atoms with Crippen LogP contribution in [0.3, 0.4) is 0 Å². The molecule has 1 aromatic heterocycles. The van der Waals surface area contributed by atoms with E-state index in [0.29, 0.717) is 5.17 Å². The predicted molar refractivity (Wildman–Crippen MR) is 93.2 cm³/mol. The number of hydrogen-bond acceptors (Lipinski definition) is 6. The maximum Gasteiger partial charge on any atom is 0.305 e. The highest BCUT2D eigenvalue weighted by Gasteiger charge is 2.32. The topological polar surface area (TPSA) is 91.1 Å². The van der Waals surface area contributed by atoms with Gasteiger partial charge in [0, 0.05) is 21.0 Å². The van der Waals surface area contributed by atoms with Crippen LogP contribution in [0.15, 0.2) is 39.8 Å². The van der Waals surface area contributed by atoms with Crippen molar-refractivity contribution in [3.8, 4) is 0 Å². The number of amidine groups is 1. The smallest absolute Gasteiger partial charge is 0.305 e. The lowest BCUT2D eigenvalue weighted by Crippen LogP contribution is -2.26. The number of hydrogen-bond donors (Lipinski definition) is 2. The molecule has 2 N–H and O–H groups in total. The van der Waals surface area contributed by atoms with E-state index in [1.165, 1.54) is 4.70 Å². The van der Waals surface area contributed by atoms with Crippen LogP contribution in [-0.2, 0) is 9.59 Å². The summed E-state index contributed by atoms with van der Waals surface area (Å²) < 4.78 is 1.18. The van der Waals surface area contributed by atoms with Crippen LogP contribution >= 0.6 is 23.1 Å². The van der Waals surface area contributed by atoms with Crippen LogP contribution in [0.2, 0.25) is 0 Å². The second kappa shape index (κ2) is 6.51. The molecule has 1 aromatic carbocycles. The second-order valence-corrected chi connectivity index (χ2v) is 7.03. The van der Waals surface area contributed by atoms with Crippen molar-refractivity contribution in [2.24, 2.45) is 10.2 Å². The molecular weight excluding hydrogens is 334 g/mol. The summed E-state index contributed by atoms with van der Waals surface area (Å²) in [6.07, 6.45) is -0.229. The van der Waals surface area contributed by atoms with Crippen molar-refractivity contribution < 1.29 is 14.7 Å². The summed E-state index contributed by atoms with van der Waals surface area (Å²) in [6, 6.07) is 8.04. The van der Waals surface area contributed by atoms with Gasteiger partial charge in [0.15, 0.2) is 5.17 Å². The SMILES string of the molecule is CC(=N/N=C1\NC(=O)[C@H](CC(=O)O)S1)c1csc2ccccc12. The Hall–Kier alpha value is -2.19.